The molecule has 1 rings (SSSR count). The molecule has 2 atom stereocenters. The number of thioether (sulfide) groups is 1. The third-order valence-electron chi connectivity index (χ3n) is 4.68. The zero-order chi connectivity index (χ0) is 13.8. The van der Waals surface area contributed by atoms with Gasteiger partial charge in [0.2, 0.25) is 0 Å². The lowest BCUT2D eigenvalue weighted by Crippen LogP contribution is -2.60. The van der Waals surface area contributed by atoms with Crippen molar-refractivity contribution in [3.8, 4) is 0 Å². The van der Waals surface area contributed by atoms with Gasteiger partial charge in [-0.15, -0.1) is 0 Å². The van der Waals surface area contributed by atoms with Gasteiger partial charge in [-0.05, 0) is 42.9 Å². The highest BCUT2D eigenvalue weighted by Gasteiger charge is 2.37. The number of hydrogen-bond acceptors (Lipinski definition) is 3. The molecule has 0 amide bonds. The lowest BCUT2D eigenvalue weighted by atomic mass is 9.83. The lowest BCUT2D eigenvalue weighted by Gasteiger charge is -2.44. The summed E-state index contributed by atoms with van der Waals surface area (Å²) in [5.74, 6) is 3.51. The summed E-state index contributed by atoms with van der Waals surface area (Å²) >= 11 is 2.08. The Morgan fingerprint density at radius 2 is 1.89 bits per heavy atom. The Balaban J connectivity index is 2.62. The molecular formula is C15H32N2S. The molecule has 0 radical (unpaired) electrons. The molecule has 1 heterocycles. The van der Waals surface area contributed by atoms with E-state index in [9.17, 15) is 0 Å². The SMILES string of the molecule is CC(C)C(CNC1(CN)CCCSC1C)C(C)C. The predicted octanol–water partition coefficient (Wildman–Crippen LogP) is 3.12. The maximum absolute atomic E-state index is 6.09. The average molecular weight is 273 g/mol. The topological polar surface area (TPSA) is 38.0 Å². The highest BCUT2D eigenvalue weighted by atomic mass is 32.2. The van der Waals surface area contributed by atoms with Crippen LogP contribution in [-0.4, -0.2) is 29.6 Å². The van der Waals surface area contributed by atoms with Crippen molar-refractivity contribution in [2.24, 2.45) is 23.5 Å². The Morgan fingerprint density at radius 3 is 2.33 bits per heavy atom. The summed E-state index contributed by atoms with van der Waals surface area (Å²) in [7, 11) is 0. The minimum Gasteiger partial charge on any atom is -0.329 e. The Bertz CT molecular complexity index is 235. The molecule has 1 saturated heterocycles. The van der Waals surface area contributed by atoms with E-state index >= 15 is 0 Å². The fourth-order valence-electron chi connectivity index (χ4n) is 3.15. The number of nitrogens with one attached hydrogen (secondary N) is 1. The summed E-state index contributed by atoms with van der Waals surface area (Å²) in [6, 6.07) is 0. The Labute approximate surface area is 118 Å². The highest BCUT2D eigenvalue weighted by molar-refractivity contribution is 8.00. The largest absolute Gasteiger partial charge is 0.329 e. The second kappa shape index (κ2) is 7.16. The van der Waals surface area contributed by atoms with Gasteiger partial charge in [0.1, 0.15) is 0 Å². The van der Waals surface area contributed by atoms with E-state index in [2.05, 4.69) is 51.7 Å². The number of rotatable bonds is 6. The normalized spacial score (nSPS) is 29.5. The van der Waals surface area contributed by atoms with Gasteiger partial charge in [-0.1, -0.05) is 34.6 Å². The molecule has 0 aliphatic carbocycles. The van der Waals surface area contributed by atoms with Crippen molar-refractivity contribution in [2.45, 2.75) is 58.2 Å². The summed E-state index contributed by atoms with van der Waals surface area (Å²) in [6.07, 6.45) is 2.54. The first-order chi connectivity index (χ1) is 8.43. The molecule has 0 bridgehead atoms. The lowest BCUT2D eigenvalue weighted by molar-refractivity contribution is 0.219. The van der Waals surface area contributed by atoms with Crippen LogP contribution in [0.2, 0.25) is 0 Å². The third kappa shape index (κ3) is 3.88. The molecule has 3 N–H and O–H groups in total. The van der Waals surface area contributed by atoms with Gasteiger partial charge in [0.05, 0.1) is 0 Å². The first kappa shape index (κ1) is 16.3. The molecule has 1 aliphatic heterocycles. The molecular weight excluding hydrogens is 240 g/mol. The predicted molar refractivity (Wildman–Crippen MR) is 84.1 cm³/mol. The van der Waals surface area contributed by atoms with Gasteiger partial charge >= 0.3 is 0 Å². The molecule has 2 unspecified atom stereocenters. The van der Waals surface area contributed by atoms with Crippen molar-refractivity contribution in [1.29, 1.82) is 0 Å². The van der Waals surface area contributed by atoms with Crippen LogP contribution in [0.3, 0.4) is 0 Å². The van der Waals surface area contributed by atoms with Crippen LogP contribution >= 0.6 is 11.8 Å². The van der Waals surface area contributed by atoms with E-state index in [0.29, 0.717) is 5.25 Å². The van der Waals surface area contributed by atoms with Gasteiger partial charge < -0.3 is 11.1 Å². The van der Waals surface area contributed by atoms with E-state index in [-0.39, 0.29) is 5.54 Å². The monoisotopic (exact) mass is 272 g/mol. The molecule has 0 aromatic rings. The quantitative estimate of drug-likeness (QED) is 0.780. The summed E-state index contributed by atoms with van der Waals surface area (Å²) in [5, 5.41) is 4.49. The molecule has 1 aliphatic rings. The van der Waals surface area contributed by atoms with Crippen molar-refractivity contribution in [3.63, 3.8) is 0 Å². The number of hydrogen-bond donors (Lipinski definition) is 2. The van der Waals surface area contributed by atoms with Crippen LogP contribution in [-0.2, 0) is 0 Å². The van der Waals surface area contributed by atoms with Crippen LogP contribution in [0, 0.1) is 17.8 Å². The molecule has 0 aromatic carbocycles. The second-order valence-electron chi connectivity index (χ2n) is 6.51. The fourth-order valence-corrected chi connectivity index (χ4v) is 4.43. The van der Waals surface area contributed by atoms with Crippen molar-refractivity contribution in [1.82, 2.24) is 5.32 Å². The van der Waals surface area contributed by atoms with Crippen LogP contribution < -0.4 is 11.1 Å². The van der Waals surface area contributed by atoms with Gasteiger partial charge in [-0.2, -0.15) is 11.8 Å². The molecule has 3 heteroatoms. The fraction of sp³-hybridized carbons (Fsp3) is 1.00. The molecule has 18 heavy (non-hydrogen) atoms. The van der Waals surface area contributed by atoms with Gasteiger partial charge in [0, 0.05) is 17.3 Å². The Hall–Kier alpha value is 0.270. The molecule has 1 fully saturated rings. The second-order valence-corrected chi connectivity index (χ2v) is 7.96. The first-order valence-electron chi connectivity index (χ1n) is 7.49. The first-order valence-corrected chi connectivity index (χ1v) is 8.54. The van der Waals surface area contributed by atoms with Crippen molar-refractivity contribution in [3.05, 3.63) is 0 Å². The van der Waals surface area contributed by atoms with E-state index in [1.165, 1.54) is 18.6 Å². The van der Waals surface area contributed by atoms with E-state index in [1.54, 1.807) is 0 Å². The third-order valence-corrected chi connectivity index (χ3v) is 6.16. The maximum atomic E-state index is 6.09. The van der Waals surface area contributed by atoms with Gasteiger partial charge in [-0.25, -0.2) is 0 Å². The summed E-state index contributed by atoms with van der Waals surface area (Å²) < 4.78 is 0. The maximum Gasteiger partial charge on any atom is 0.0421 e. The standard InChI is InChI=1S/C15H32N2S/c1-11(2)14(12(3)4)9-17-15(10-16)7-6-8-18-13(15)5/h11-14,17H,6-10,16H2,1-5H3. The number of nitrogens with two attached hydrogens (primary N) is 1. The van der Waals surface area contributed by atoms with Gasteiger partial charge in [-0.3, -0.25) is 0 Å². The molecule has 0 aromatic heterocycles. The van der Waals surface area contributed by atoms with Crippen molar-refractivity contribution >= 4 is 11.8 Å². The summed E-state index contributed by atoms with van der Waals surface area (Å²) in [4.78, 5) is 0. The van der Waals surface area contributed by atoms with Gasteiger partial charge in [0.25, 0.3) is 0 Å². The Kier molecular flexibility index (Phi) is 6.49. The highest BCUT2D eigenvalue weighted by Crippen LogP contribution is 2.34. The van der Waals surface area contributed by atoms with Crippen molar-refractivity contribution in [2.75, 3.05) is 18.8 Å². The van der Waals surface area contributed by atoms with Crippen LogP contribution in [0.15, 0.2) is 0 Å². The molecule has 0 spiro atoms. The van der Waals surface area contributed by atoms with Crippen molar-refractivity contribution < 1.29 is 0 Å². The average Bonchev–Trinajstić information content (AvgIpc) is 2.31. The molecule has 0 saturated carbocycles. The molecule has 108 valence electrons. The van der Waals surface area contributed by atoms with E-state index < -0.39 is 0 Å². The van der Waals surface area contributed by atoms with Crippen LogP contribution in [0.4, 0.5) is 0 Å². The summed E-state index contributed by atoms with van der Waals surface area (Å²) in [5.41, 5.74) is 6.26. The molecule has 2 nitrogen and oxygen atoms in total. The van der Waals surface area contributed by atoms with Crippen LogP contribution in [0.25, 0.3) is 0 Å². The minimum absolute atomic E-state index is 0.172. The summed E-state index contributed by atoms with van der Waals surface area (Å²) in [6.45, 7) is 13.5. The smallest absolute Gasteiger partial charge is 0.0421 e. The van der Waals surface area contributed by atoms with Gasteiger partial charge in [0.15, 0.2) is 0 Å². The Morgan fingerprint density at radius 1 is 1.28 bits per heavy atom. The van der Waals surface area contributed by atoms with E-state index in [4.69, 9.17) is 5.73 Å². The zero-order valence-corrected chi connectivity index (χ0v) is 13.6. The zero-order valence-electron chi connectivity index (χ0n) is 12.8. The minimum atomic E-state index is 0.172. The van der Waals surface area contributed by atoms with E-state index in [1.807, 2.05) is 0 Å². The van der Waals surface area contributed by atoms with Crippen LogP contribution in [0.1, 0.15) is 47.5 Å². The van der Waals surface area contributed by atoms with E-state index in [0.717, 1.165) is 30.8 Å². The van der Waals surface area contributed by atoms with Crippen LogP contribution in [0.5, 0.6) is 0 Å².